The fourth-order valence-corrected chi connectivity index (χ4v) is 2.32. The lowest BCUT2D eigenvalue weighted by atomic mass is 10.0. The average Bonchev–Trinajstić information content (AvgIpc) is 2.24. The number of nitrogens with zero attached hydrogens (tertiary/aromatic N) is 1. The Bertz CT molecular complexity index is 704. The Balaban J connectivity index is 2.97. The molecule has 1 rings (SSSR count). The van der Waals surface area contributed by atoms with Crippen molar-refractivity contribution in [2.45, 2.75) is 12.8 Å². The van der Waals surface area contributed by atoms with Gasteiger partial charge in [-0.05, 0) is 23.6 Å². The van der Waals surface area contributed by atoms with Gasteiger partial charge in [0.05, 0.1) is 12.5 Å². The van der Waals surface area contributed by atoms with Crippen LogP contribution in [0.15, 0.2) is 28.7 Å². The highest BCUT2D eigenvalue weighted by molar-refractivity contribution is 7.89. The molecule has 0 aromatic heterocycles. The van der Waals surface area contributed by atoms with E-state index in [1.54, 1.807) is 0 Å². The van der Waals surface area contributed by atoms with Crippen molar-refractivity contribution >= 4 is 26.0 Å². The summed E-state index contributed by atoms with van der Waals surface area (Å²) in [6.45, 7) is 1.50. The maximum absolute atomic E-state index is 11.6. The van der Waals surface area contributed by atoms with Gasteiger partial charge in [0.15, 0.2) is 0 Å². The fraction of sp³-hybridized carbons (Fsp3) is 0.364. The van der Waals surface area contributed by atoms with E-state index in [1.165, 1.54) is 31.2 Å². The highest BCUT2D eigenvalue weighted by Crippen LogP contribution is 2.20. The summed E-state index contributed by atoms with van der Waals surface area (Å²) in [6, 6.07) is 5.70. The molecule has 0 heterocycles. The SMILES string of the molecule is C[C@@H](/C([O-])=N/S(C)(=O)=O)c1ccc(OS(C)(=O)=O)cc1. The van der Waals surface area contributed by atoms with Crippen molar-refractivity contribution in [1.82, 2.24) is 0 Å². The Morgan fingerprint density at radius 2 is 1.65 bits per heavy atom. The number of hydrogen-bond acceptors (Lipinski definition) is 6. The minimum Gasteiger partial charge on any atom is -0.861 e. The van der Waals surface area contributed by atoms with Gasteiger partial charge in [-0.25, -0.2) is 8.42 Å². The van der Waals surface area contributed by atoms with Crippen LogP contribution in [0.25, 0.3) is 0 Å². The maximum Gasteiger partial charge on any atom is 0.306 e. The third kappa shape index (κ3) is 5.57. The van der Waals surface area contributed by atoms with E-state index in [9.17, 15) is 21.9 Å². The smallest absolute Gasteiger partial charge is 0.306 e. The first kappa shape index (κ1) is 16.4. The summed E-state index contributed by atoms with van der Waals surface area (Å²) in [5.41, 5.74) is 0.503. The van der Waals surface area contributed by atoms with E-state index in [4.69, 9.17) is 0 Å². The fourth-order valence-electron chi connectivity index (χ4n) is 1.37. The molecular formula is C11H14NO6S2-. The Hall–Kier alpha value is -1.61. The van der Waals surface area contributed by atoms with Crippen molar-refractivity contribution in [3.63, 3.8) is 0 Å². The highest BCUT2D eigenvalue weighted by atomic mass is 32.2. The minimum atomic E-state index is -3.74. The molecule has 0 fully saturated rings. The quantitative estimate of drug-likeness (QED) is 0.423. The summed E-state index contributed by atoms with van der Waals surface area (Å²) in [6.07, 6.45) is 1.75. The van der Waals surface area contributed by atoms with Crippen LogP contribution in [0.2, 0.25) is 0 Å². The van der Waals surface area contributed by atoms with Gasteiger partial charge in [-0.15, -0.1) is 0 Å². The molecular weight excluding hydrogens is 306 g/mol. The minimum absolute atomic E-state index is 0.107. The second kappa shape index (κ2) is 5.80. The lowest BCUT2D eigenvalue weighted by molar-refractivity contribution is -0.219. The molecule has 0 unspecified atom stereocenters. The normalized spacial score (nSPS) is 14.8. The average molecular weight is 320 g/mol. The van der Waals surface area contributed by atoms with Crippen LogP contribution in [0.5, 0.6) is 5.75 Å². The maximum atomic E-state index is 11.6. The van der Waals surface area contributed by atoms with Gasteiger partial charge in [-0.3, -0.25) is 0 Å². The zero-order chi connectivity index (χ0) is 15.6. The van der Waals surface area contributed by atoms with Crippen LogP contribution >= 0.6 is 0 Å². The molecule has 0 spiro atoms. The summed E-state index contributed by atoms with van der Waals surface area (Å²) < 4.78 is 51.4. The molecule has 0 saturated heterocycles. The summed E-state index contributed by atoms with van der Waals surface area (Å²) in [5, 5.41) is 11.6. The molecule has 0 aliphatic carbocycles. The highest BCUT2D eigenvalue weighted by Gasteiger charge is 2.09. The molecule has 112 valence electrons. The Morgan fingerprint density at radius 3 is 2.05 bits per heavy atom. The lowest BCUT2D eigenvalue weighted by Gasteiger charge is -2.18. The van der Waals surface area contributed by atoms with E-state index in [0.29, 0.717) is 5.56 Å². The molecule has 9 heteroatoms. The summed E-state index contributed by atoms with van der Waals surface area (Å²) in [7, 11) is -7.35. The molecule has 7 nitrogen and oxygen atoms in total. The van der Waals surface area contributed by atoms with Crippen molar-refractivity contribution in [3.8, 4) is 5.75 Å². The molecule has 0 radical (unpaired) electrons. The van der Waals surface area contributed by atoms with Crippen LogP contribution in [0.4, 0.5) is 0 Å². The van der Waals surface area contributed by atoms with Gasteiger partial charge in [0, 0.05) is 5.92 Å². The van der Waals surface area contributed by atoms with Gasteiger partial charge in [0.2, 0.25) is 10.0 Å². The Morgan fingerprint density at radius 1 is 1.15 bits per heavy atom. The number of hydrogen-bond donors (Lipinski definition) is 0. The summed E-state index contributed by atoms with van der Waals surface area (Å²) >= 11 is 0. The Labute approximate surface area is 118 Å². The van der Waals surface area contributed by atoms with Gasteiger partial charge < -0.3 is 9.29 Å². The summed E-state index contributed by atoms with van der Waals surface area (Å²) in [4.78, 5) is 0. The zero-order valence-electron chi connectivity index (χ0n) is 11.1. The molecule has 1 aromatic rings. The predicted octanol–water partition coefficient (Wildman–Crippen LogP) is -0.153. The predicted molar refractivity (Wildman–Crippen MR) is 72.6 cm³/mol. The van der Waals surface area contributed by atoms with Crippen LogP contribution in [0.3, 0.4) is 0 Å². The second-order valence-electron chi connectivity index (χ2n) is 4.24. The van der Waals surface area contributed by atoms with Gasteiger partial charge >= 0.3 is 10.1 Å². The summed E-state index contributed by atoms with van der Waals surface area (Å²) in [5.74, 6) is -1.43. The van der Waals surface area contributed by atoms with Crippen molar-refractivity contribution < 1.29 is 26.1 Å². The topological polar surface area (TPSA) is 113 Å². The molecule has 0 aliphatic rings. The monoisotopic (exact) mass is 320 g/mol. The molecule has 0 saturated carbocycles. The first-order valence-electron chi connectivity index (χ1n) is 5.44. The first-order valence-corrected chi connectivity index (χ1v) is 9.11. The molecule has 20 heavy (non-hydrogen) atoms. The van der Waals surface area contributed by atoms with Crippen LogP contribution in [-0.2, 0) is 20.1 Å². The van der Waals surface area contributed by atoms with E-state index in [1.807, 2.05) is 0 Å². The molecule has 0 amide bonds. The van der Waals surface area contributed by atoms with Gasteiger partial charge in [-0.1, -0.05) is 19.1 Å². The molecule has 0 N–H and O–H groups in total. The standard InChI is InChI=1S/C11H15NO6S2/c1-8(11(13)12-19(2,14)15)9-4-6-10(7-5-9)18-20(3,16)17/h4-8H,1-3H3,(H,12,13)/p-1/t8-/m1/s1. The van der Waals surface area contributed by atoms with Crippen molar-refractivity contribution in [2.75, 3.05) is 12.5 Å². The zero-order valence-corrected chi connectivity index (χ0v) is 12.7. The van der Waals surface area contributed by atoms with Crippen molar-refractivity contribution in [2.24, 2.45) is 4.40 Å². The molecule has 0 bridgehead atoms. The van der Waals surface area contributed by atoms with Crippen molar-refractivity contribution in [1.29, 1.82) is 0 Å². The van der Waals surface area contributed by atoms with Crippen LogP contribution in [-0.4, -0.2) is 35.2 Å². The first-order chi connectivity index (χ1) is 8.98. The second-order valence-corrected chi connectivity index (χ2v) is 7.46. The van der Waals surface area contributed by atoms with E-state index in [-0.39, 0.29) is 5.75 Å². The van der Waals surface area contributed by atoms with Crippen molar-refractivity contribution in [3.05, 3.63) is 29.8 Å². The van der Waals surface area contributed by atoms with E-state index in [0.717, 1.165) is 12.5 Å². The third-order valence-electron chi connectivity index (χ3n) is 2.25. The van der Waals surface area contributed by atoms with Crippen LogP contribution in [0.1, 0.15) is 18.4 Å². The molecule has 1 atom stereocenters. The van der Waals surface area contributed by atoms with E-state index < -0.39 is 32.0 Å². The van der Waals surface area contributed by atoms with Gasteiger partial charge in [0.25, 0.3) is 0 Å². The van der Waals surface area contributed by atoms with Crippen LogP contribution < -0.4 is 9.29 Å². The van der Waals surface area contributed by atoms with Crippen LogP contribution in [0, 0.1) is 0 Å². The Kier molecular flexibility index (Phi) is 4.77. The van der Waals surface area contributed by atoms with Gasteiger partial charge in [0.1, 0.15) is 5.75 Å². The van der Waals surface area contributed by atoms with E-state index in [2.05, 4.69) is 8.58 Å². The third-order valence-corrected chi connectivity index (χ3v) is 3.26. The number of rotatable bonds is 5. The molecule has 1 aromatic carbocycles. The number of sulfonamides is 1. The van der Waals surface area contributed by atoms with Gasteiger partial charge in [-0.2, -0.15) is 12.8 Å². The largest absolute Gasteiger partial charge is 0.861 e. The lowest BCUT2D eigenvalue weighted by Crippen LogP contribution is -2.25. The molecule has 0 aliphatic heterocycles. The van der Waals surface area contributed by atoms with E-state index >= 15 is 0 Å². The number of benzene rings is 1.